The van der Waals surface area contributed by atoms with Crippen LogP contribution in [-0.2, 0) is 4.79 Å². The second kappa shape index (κ2) is 5.53. The van der Waals surface area contributed by atoms with Crippen LogP contribution in [0.5, 0.6) is 0 Å². The van der Waals surface area contributed by atoms with E-state index in [2.05, 4.69) is 5.32 Å². The number of likely N-dealkylation sites (N-methyl/N-ethyl adjacent to an activating group) is 1. The molecule has 0 saturated heterocycles. The second-order valence-corrected chi connectivity index (χ2v) is 4.67. The maximum Gasteiger partial charge on any atom is 0.238 e. The van der Waals surface area contributed by atoms with Gasteiger partial charge in [-0.05, 0) is 38.7 Å². The lowest BCUT2D eigenvalue weighted by Gasteiger charge is -2.11. The van der Waals surface area contributed by atoms with Crippen molar-refractivity contribution in [2.24, 2.45) is 0 Å². The van der Waals surface area contributed by atoms with Crippen molar-refractivity contribution in [3.63, 3.8) is 0 Å². The van der Waals surface area contributed by atoms with E-state index in [1.165, 1.54) is 0 Å². The smallest absolute Gasteiger partial charge is 0.238 e. The standard InChI is InChI=1S/C11H14Cl2N2O/c1-7-9(12)4-8(5-10(7)13)14-11(16)6-15(2)3/h4-5H,6H2,1-3H3,(H,14,16). The molecule has 3 nitrogen and oxygen atoms in total. The highest BCUT2D eigenvalue weighted by atomic mass is 35.5. The van der Waals surface area contributed by atoms with Gasteiger partial charge in [-0.2, -0.15) is 0 Å². The lowest BCUT2D eigenvalue weighted by atomic mass is 10.2. The van der Waals surface area contributed by atoms with Gasteiger partial charge in [-0.3, -0.25) is 4.79 Å². The zero-order valence-corrected chi connectivity index (χ0v) is 11.0. The molecule has 16 heavy (non-hydrogen) atoms. The van der Waals surface area contributed by atoms with Gasteiger partial charge < -0.3 is 10.2 Å². The molecule has 1 rings (SSSR count). The molecule has 1 N–H and O–H groups in total. The van der Waals surface area contributed by atoms with E-state index in [9.17, 15) is 4.79 Å². The van der Waals surface area contributed by atoms with E-state index in [0.717, 1.165) is 5.56 Å². The van der Waals surface area contributed by atoms with Gasteiger partial charge in [-0.25, -0.2) is 0 Å². The summed E-state index contributed by atoms with van der Waals surface area (Å²) >= 11 is 11.9. The number of halogens is 2. The van der Waals surface area contributed by atoms with Gasteiger partial charge >= 0.3 is 0 Å². The fourth-order valence-corrected chi connectivity index (χ4v) is 1.69. The molecule has 0 aromatic heterocycles. The predicted octanol–water partition coefficient (Wildman–Crippen LogP) is 2.80. The Kier molecular flexibility index (Phi) is 4.59. The number of carbonyl (C=O) groups is 1. The summed E-state index contributed by atoms with van der Waals surface area (Å²) in [5.74, 6) is -0.0963. The molecule has 1 aromatic carbocycles. The van der Waals surface area contributed by atoms with Crippen molar-refractivity contribution in [2.75, 3.05) is 26.0 Å². The van der Waals surface area contributed by atoms with Gasteiger partial charge in [0.2, 0.25) is 5.91 Å². The number of hydrogen-bond donors (Lipinski definition) is 1. The molecule has 1 amide bonds. The highest BCUT2D eigenvalue weighted by Gasteiger charge is 2.07. The van der Waals surface area contributed by atoms with Crippen molar-refractivity contribution >= 4 is 34.8 Å². The van der Waals surface area contributed by atoms with Gasteiger partial charge in [0.25, 0.3) is 0 Å². The summed E-state index contributed by atoms with van der Waals surface area (Å²) in [5, 5.41) is 3.83. The minimum Gasteiger partial charge on any atom is -0.325 e. The van der Waals surface area contributed by atoms with E-state index >= 15 is 0 Å². The molecule has 0 heterocycles. The summed E-state index contributed by atoms with van der Waals surface area (Å²) in [6, 6.07) is 3.38. The minimum absolute atomic E-state index is 0.0963. The number of nitrogens with one attached hydrogen (secondary N) is 1. The third-order valence-corrected chi connectivity index (χ3v) is 2.81. The third-order valence-electron chi connectivity index (χ3n) is 2.02. The first-order valence-electron chi connectivity index (χ1n) is 4.80. The monoisotopic (exact) mass is 260 g/mol. The van der Waals surface area contributed by atoms with Crippen LogP contribution in [0.4, 0.5) is 5.69 Å². The Labute approximate surface area is 105 Å². The van der Waals surface area contributed by atoms with Crippen molar-refractivity contribution in [2.45, 2.75) is 6.92 Å². The van der Waals surface area contributed by atoms with Gasteiger partial charge in [-0.1, -0.05) is 23.2 Å². The highest BCUT2D eigenvalue weighted by molar-refractivity contribution is 6.36. The molecular weight excluding hydrogens is 247 g/mol. The average molecular weight is 261 g/mol. The van der Waals surface area contributed by atoms with Gasteiger partial charge in [0.15, 0.2) is 0 Å². The molecule has 0 fully saturated rings. The Bertz CT molecular complexity index is 382. The number of anilines is 1. The molecule has 1 aromatic rings. The fraction of sp³-hybridized carbons (Fsp3) is 0.364. The fourth-order valence-electron chi connectivity index (χ4n) is 1.21. The molecule has 0 spiro atoms. The number of hydrogen-bond acceptors (Lipinski definition) is 2. The minimum atomic E-state index is -0.0963. The van der Waals surface area contributed by atoms with Crippen molar-refractivity contribution in [3.8, 4) is 0 Å². The first-order chi connectivity index (χ1) is 7.40. The Balaban J connectivity index is 2.79. The van der Waals surface area contributed by atoms with Crippen LogP contribution in [0.1, 0.15) is 5.56 Å². The molecular formula is C11H14Cl2N2O. The Morgan fingerprint density at radius 1 is 1.31 bits per heavy atom. The van der Waals surface area contributed by atoms with Gasteiger partial charge in [0.05, 0.1) is 6.54 Å². The molecule has 0 unspecified atom stereocenters. The molecule has 0 saturated carbocycles. The molecule has 0 aliphatic carbocycles. The van der Waals surface area contributed by atoms with Crippen LogP contribution in [0, 0.1) is 6.92 Å². The lowest BCUT2D eigenvalue weighted by Crippen LogP contribution is -2.27. The Morgan fingerprint density at radius 3 is 2.25 bits per heavy atom. The van der Waals surface area contributed by atoms with Crippen molar-refractivity contribution in [1.82, 2.24) is 4.90 Å². The van der Waals surface area contributed by atoms with Crippen LogP contribution in [0.25, 0.3) is 0 Å². The van der Waals surface area contributed by atoms with E-state index in [0.29, 0.717) is 22.3 Å². The third kappa shape index (κ3) is 3.67. The first-order valence-corrected chi connectivity index (χ1v) is 5.56. The largest absolute Gasteiger partial charge is 0.325 e. The van der Waals surface area contributed by atoms with Crippen LogP contribution in [0.3, 0.4) is 0 Å². The molecule has 0 bridgehead atoms. The number of nitrogens with zero attached hydrogens (tertiary/aromatic N) is 1. The van der Waals surface area contributed by atoms with Gasteiger partial charge in [-0.15, -0.1) is 0 Å². The topological polar surface area (TPSA) is 32.3 Å². The van der Waals surface area contributed by atoms with E-state index in [1.54, 1.807) is 17.0 Å². The average Bonchev–Trinajstić information content (AvgIpc) is 2.12. The van der Waals surface area contributed by atoms with E-state index in [-0.39, 0.29) is 5.91 Å². The van der Waals surface area contributed by atoms with Crippen molar-refractivity contribution in [1.29, 1.82) is 0 Å². The van der Waals surface area contributed by atoms with E-state index < -0.39 is 0 Å². The maximum absolute atomic E-state index is 11.5. The Hall–Kier alpha value is -0.770. The summed E-state index contributed by atoms with van der Waals surface area (Å²) in [6.45, 7) is 2.15. The normalized spacial score (nSPS) is 10.6. The van der Waals surface area contributed by atoms with Crippen molar-refractivity contribution < 1.29 is 4.79 Å². The van der Waals surface area contributed by atoms with Crippen LogP contribution < -0.4 is 5.32 Å². The van der Waals surface area contributed by atoms with Crippen molar-refractivity contribution in [3.05, 3.63) is 27.7 Å². The molecule has 88 valence electrons. The summed E-state index contributed by atoms with van der Waals surface area (Å²) < 4.78 is 0. The molecule has 0 aliphatic rings. The number of carbonyl (C=O) groups excluding carboxylic acids is 1. The zero-order valence-electron chi connectivity index (χ0n) is 9.47. The van der Waals surface area contributed by atoms with Gasteiger partial charge in [0.1, 0.15) is 0 Å². The SMILES string of the molecule is Cc1c(Cl)cc(NC(=O)CN(C)C)cc1Cl. The Morgan fingerprint density at radius 2 is 1.81 bits per heavy atom. The second-order valence-electron chi connectivity index (χ2n) is 3.85. The lowest BCUT2D eigenvalue weighted by molar-refractivity contribution is -0.116. The maximum atomic E-state index is 11.5. The van der Waals surface area contributed by atoms with E-state index in [1.807, 2.05) is 21.0 Å². The summed E-state index contributed by atoms with van der Waals surface area (Å²) in [5.41, 5.74) is 1.43. The molecule has 0 atom stereocenters. The van der Waals surface area contributed by atoms with Gasteiger partial charge in [0, 0.05) is 15.7 Å². The van der Waals surface area contributed by atoms with Crippen LogP contribution in [0.15, 0.2) is 12.1 Å². The summed E-state index contributed by atoms with van der Waals surface area (Å²) in [6.07, 6.45) is 0. The highest BCUT2D eigenvalue weighted by Crippen LogP contribution is 2.27. The van der Waals surface area contributed by atoms with Crippen LogP contribution >= 0.6 is 23.2 Å². The number of rotatable bonds is 3. The molecule has 0 aliphatic heterocycles. The predicted molar refractivity (Wildman–Crippen MR) is 68.4 cm³/mol. The summed E-state index contributed by atoms with van der Waals surface area (Å²) in [4.78, 5) is 13.3. The quantitative estimate of drug-likeness (QED) is 0.907. The van der Waals surface area contributed by atoms with E-state index in [4.69, 9.17) is 23.2 Å². The number of benzene rings is 1. The van der Waals surface area contributed by atoms with Crippen LogP contribution in [-0.4, -0.2) is 31.4 Å². The first kappa shape index (κ1) is 13.3. The molecule has 0 radical (unpaired) electrons. The zero-order chi connectivity index (χ0) is 12.3. The summed E-state index contributed by atoms with van der Waals surface area (Å²) in [7, 11) is 3.66. The van der Waals surface area contributed by atoms with Crippen LogP contribution in [0.2, 0.25) is 10.0 Å². The molecule has 5 heteroatoms. The number of amides is 1.